The summed E-state index contributed by atoms with van der Waals surface area (Å²) >= 11 is 0. The molecule has 1 aliphatic carbocycles. The summed E-state index contributed by atoms with van der Waals surface area (Å²) in [7, 11) is 0. The van der Waals surface area contributed by atoms with Crippen LogP contribution in [-0.2, 0) is 0 Å². The molecule has 68 valence electrons. The van der Waals surface area contributed by atoms with E-state index in [1.54, 1.807) is 6.07 Å². The van der Waals surface area contributed by atoms with Crippen molar-refractivity contribution in [2.45, 2.75) is 18.9 Å². The van der Waals surface area contributed by atoms with Crippen molar-refractivity contribution >= 4 is 5.78 Å². The molecule has 1 atom stereocenters. The van der Waals surface area contributed by atoms with Gasteiger partial charge in [0.1, 0.15) is 5.75 Å². The van der Waals surface area contributed by atoms with Crippen LogP contribution < -0.4 is 0 Å². The number of fused-ring (bicyclic) bond motifs is 1. The van der Waals surface area contributed by atoms with Crippen LogP contribution in [-0.4, -0.2) is 16.0 Å². The van der Waals surface area contributed by atoms with Crippen molar-refractivity contribution in [3.8, 4) is 5.75 Å². The summed E-state index contributed by atoms with van der Waals surface area (Å²) in [5.41, 5.74) is 1.09. The van der Waals surface area contributed by atoms with Gasteiger partial charge in [0.2, 0.25) is 0 Å². The minimum absolute atomic E-state index is 0.0419. The first-order chi connectivity index (χ1) is 6.18. The van der Waals surface area contributed by atoms with Gasteiger partial charge in [0, 0.05) is 12.0 Å². The Bertz CT molecular complexity index is 357. The monoisotopic (exact) mass is 178 g/mol. The number of aliphatic hydroxyl groups excluding tert-OH is 1. The van der Waals surface area contributed by atoms with Gasteiger partial charge in [0.05, 0.1) is 6.10 Å². The van der Waals surface area contributed by atoms with Crippen LogP contribution in [0, 0.1) is 0 Å². The van der Waals surface area contributed by atoms with E-state index in [9.17, 15) is 9.90 Å². The predicted octanol–water partition coefficient (Wildman–Crippen LogP) is 1.40. The van der Waals surface area contributed by atoms with Gasteiger partial charge in [-0.15, -0.1) is 0 Å². The van der Waals surface area contributed by atoms with Gasteiger partial charge in [-0.2, -0.15) is 0 Å². The van der Waals surface area contributed by atoms with Crippen LogP contribution in [0.5, 0.6) is 5.75 Å². The van der Waals surface area contributed by atoms with E-state index >= 15 is 0 Å². The number of carbonyl (C=O) groups is 1. The average Bonchev–Trinajstić information content (AvgIpc) is 2.12. The second-order valence-electron chi connectivity index (χ2n) is 3.25. The molecule has 2 rings (SSSR count). The Morgan fingerprint density at radius 3 is 2.92 bits per heavy atom. The Hall–Kier alpha value is -1.35. The molecule has 1 aromatic rings. The summed E-state index contributed by atoms with van der Waals surface area (Å²) < 4.78 is 0. The van der Waals surface area contributed by atoms with Crippen LogP contribution in [0.4, 0.5) is 0 Å². The number of Topliss-reactive ketones (excluding diaryl/α,β-unsaturated/α-hetero) is 1. The molecule has 0 aliphatic heterocycles. The maximum Gasteiger partial charge on any atom is 0.163 e. The summed E-state index contributed by atoms with van der Waals surface area (Å²) in [6, 6.07) is 4.49. The zero-order chi connectivity index (χ0) is 9.42. The molecule has 2 N–H and O–H groups in total. The fourth-order valence-electron chi connectivity index (χ4n) is 1.64. The summed E-state index contributed by atoms with van der Waals surface area (Å²) in [6.07, 6.45) is 0.230. The van der Waals surface area contributed by atoms with Crippen LogP contribution in [0.25, 0.3) is 0 Å². The van der Waals surface area contributed by atoms with E-state index in [4.69, 9.17) is 5.11 Å². The van der Waals surface area contributed by atoms with Gasteiger partial charge in [-0.3, -0.25) is 4.79 Å². The Kier molecular flexibility index (Phi) is 1.81. The van der Waals surface area contributed by atoms with Crippen LogP contribution >= 0.6 is 0 Å². The molecule has 3 nitrogen and oxygen atoms in total. The number of hydrogen-bond acceptors (Lipinski definition) is 3. The first-order valence-electron chi connectivity index (χ1n) is 4.22. The molecule has 0 saturated carbocycles. The number of ketones is 1. The number of benzene rings is 1. The largest absolute Gasteiger partial charge is 0.508 e. The smallest absolute Gasteiger partial charge is 0.163 e. The summed E-state index contributed by atoms with van der Waals surface area (Å²) in [4.78, 5) is 11.3. The second-order valence-corrected chi connectivity index (χ2v) is 3.25. The number of phenols is 1. The molecule has 0 fully saturated rings. The standard InChI is InChI=1S/C10H10O3/c11-6-1-2-7-8(5-6)10(13)4-3-9(7)12/h1-2,5,10-11,13H,3-4H2. The minimum Gasteiger partial charge on any atom is -0.508 e. The quantitative estimate of drug-likeness (QED) is 0.631. The van der Waals surface area contributed by atoms with E-state index < -0.39 is 6.10 Å². The lowest BCUT2D eigenvalue weighted by molar-refractivity contribution is 0.0897. The Balaban J connectivity index is 2.57. The highest BCUT2D eigenvalue weighted by Crippen LogP contribution is 2.31. The highest BCUT2D eigenvalue weighted by Gasteiger charge is 2.23. The van der Waals surface area contributed by atoms with E-state index in [1.165, 1.54) is 12.1 Å². The van der Waals surface area contributed by atoms with Crippen LogP contribution in [0.15, 0.2) is 18.2 Å². The molecule has 13 heavy (non-hydrogen) atoms. The molecule has 0 saturated heterocycles. The van der Waals surface area contributed by atoms with E-state index in [2.05, 4.69) is 0 Å². The highest BCUT2D eigenvalue weighted by molar-refractivity contribution is 5.98. The van der Waals surface area contributed by atoms with E-state index in [1.807, 2.05) is 0 Å². The van der Waals surface area contributed by atoms with E-state index in [0.717, 1.165) is 0 Å². The lowest BCUT2D eigenvalue weighted by atomic mass is 9.88. The van der Waals surface area contributed by atoms with Gasteiger partial charge >= 0.3 is 0 Å². The molecular weight excluding hydrogens is 168 g/mol. The van der Waals surface area contributed by atoms with E-state index in [-0.39, 0.29) is 11.5 Å². The number of hydrogen-bond donors (Lipinski definition) is 2. The molecule has 0 amide bonds. The van der Waals surface area contributed by atoms with Crippen molar-refractivity contribution in [3.63, 3.8) is 0 Å². The third-order valence-corrected chi connectivity index (χ3v) is 2.34. The van der Waals surface area contributed by atoms with Crippen molar-refractivity contribution in [1.29, 1.82) is 0 Å². The molecular formula is C10H10O3. The van der Waals surface area contributed by atoms with Crippen LogP contribution in [0.3, 0.4) is 0 Å². The Labute approximate surface area is 75.6 Å². The third kappa shape index (κ3) is 1.31. The molecule has 1 aliphatic rings. The summed E-state index contributed by atoms with van der Waals surface area (Å²) in [6.45, 7) is 0. The van der Waals surface area contributed by atoms with Crippen molar-refractivity contribution in [2.75, 3.05) is 0 Å². The maximum atomic E-state index is 11.3. The van der Waals surface area contributed by atoms with Crippen LogP contribution in [0.2, 0.25) is 0 Å². The number of phenolic OH excluding ortho intramolecular Hbond substituents is 1. The van der Waals surface area contributed by atoms with Gasteiger partial charge in [-0.1, -0.05) is 0 Å². The summed E-state index contributed by atoms with van der Waals surface area (Å²) in [5, 5.41) is 18.7. The SMILES string of the molecule is O=C1CCC(O)c2cc(O)ccc21. The second kappa shape index (κ2) is 2.85. The Morgan fingerprint density at radius 2 is 2.15 bits per heavy atom. The number of rotatable bonds is 0. The number of aliphatic hydroxyl groups is 1. The highest BCUT2D eigenvalue weighted by atomic mass is 16.3. The topological polar surface area (TPSA) is 57.5 Å². The minimum atomic E-state index is -0.611. The van der Waals surface area contributed by atoms with Gasteiger partial charge in [0.15, 0.2) is 5.78 Å². The fourth-order valence-corrected chi connectivity index (χ4v) is 1.64. The maximum absolute atomic E-state index is 11.3. The first-order valence-corrected chi connectivity index (χ1v) is 4.22. The van der Waals surface area contributed by atoms with Gasteiger partial charge in [-0.05, 0) is 30.2 Å². The van der Waals surface area contributed by atoms with Crippen molar-refractivity contribution in [2.24, 2.45) is 0 Å². The van der Waals surface area contributed by atoms with Gasteiger partial charge < -0.3 is 10.2 Å². The van der Waals surface area contributed by atoms with Crippen molar-refractivity contribution in [1.82, 2.24) is 0 Å². The lowest BCUT2D eigenvalue weighted by Gasteiger charge is -2.19. The average molecular weight is 178 g/mol. The van der Waals surface area contributed by atoms with Crippen molar-refractivity contribution in [3.05, 3.63) is 29.3 Å². The zero-order valence-corrected chi connectivity index (χ0v) is 7.03. The predicted molar refractivity (Wildman–Crippen MR) is 46.6 cm³/mol. The molecule has 0 bridgehead atoms. The first kappa shape index (κ1) is 8.26. The van der Waals surface area contributed by atoms with Crippen LogP contribution in [0.1, 0.15) is 34.9 Å². The molecule has 0 heterocycles. The molecule has 1 unspecified atom stereocenters. The number of carbonyl (C=O) groups excluding carboxylic acids is 1. The molecule has 3 heteroatoms. The zero-order valence-electron chi connectivity index (χ0n) is 7.03. The van der Waals surface area contributed by atoms with Gasteiger partial charge in [0.25, 0.3) is 0 Å². The molecule has 0 aromatic heterocycles. The van der Waals surface area contributed by atoms with Gasteiger partial charge in [-0.25, -0.2) is 0 Å². The normalized spacial score (nSPS) is 21.3. The number of aromatic hydroxyl groups is 1. The fraction of sp³-hybridized carbons (Fsp3) is 0.300. The molecule has 0 spiro atoms. The summed E-state index contributed by atoms with van der Waals surface area (Å²) in [5.74, 6) is 0.132. The molecule has 0 radical (unpaired) electrons. The van der Waals surface area contributed by atoms with E-state index in [0.29, 0.717) is 24.0 Å². The Morgan fingerprint density at radius 1 is 1.38 bits per heavy atom. The third-order valence-electron chi connectivity index (χ3n) is 2.34. The lowest BCUT2D eigenvalue weighted by Crippen LogP contribution is -2.14. The molecule has 1 aromatic carbocycles. The van der Waals surface area contributed by atoms with Crippen molar-refractivity contribution < 1.29 is 15.0 Å².